The maximum Gasteiger partial charge on any atom is 0.338 e. The van der Waals surface area contributed by atoms with Crippen LogP contribution in [0.5, 0.6) is 0 Å². The van der Waals surface area contributed by atoms with E-state index in [1.54, 1.807) is 30.3 Å². The summed E-state index contributed by atoms with van der Waals surface area (Å²) in [6.45, 7) is -0.480. The summed E-state index contributed by atoms with van der Waals surface area (Å²) in [6, 6.07) is 12.6. The van der Waals surface area contributed by atoms with Crippen LogP contribution >= 0.6 is 11.6 Å². The molecule has 0 saturated heterocycles. The van der Waals surface area contributed by atoms with Gasteiger partial charge in [-0.25, -0.2) is 9.59 Å². The van der Waals surface area contributed by atoms with Crippen LogP contribution in [-0.4, -0.2) is 31.6 Å². The van der Waals surface area contributed by atoms with Gasteiger partial charge in [0.2, 0.25) is 0 Å². The molecule has 0 saturated carbocycles. The van der Waals surface area contributed by atoms with Crippen LogP contribution in [0.15, 0.2) is 48.5 Å². The minimum Gasteiger partial charge on any atom is -0.465 e. The quantitative estimate of drug-likeness (QED) is 0.841. The first-order valence-electron chi connectivity index (χ1n) is 6.91. The summed E-state index contributed by atoms with van der Waals surface area (Å²) < 4.78 is 9.52. The molecule has 24 heavy (non-hydrogen) atoms. The van der Waals surface area contributed by atoms with E-state index >= 15 is 0 Å². The summed E-state index contributed by atoms with van der Waals surface area (Å²) in [5, 5.41) is 2.72. The molecule has 0 spiro atoms. The number of benzene rings is 2. The summed E-state index contributed by atoms with van der Waals surface area (Å²) in [5.41, 5.74) is 0.801. The van der Waals surface area contributed by atoms with Gasteiger partial charge in [0.25, 0.3) is 5.91 Å². The molecule has 0 aromatic heterocycles. The number of hydrogen-bond acceptors (Lipinski definition) is 5. The van der Waals surface area contributed by atoms with Gasteiger partial charge in [0.05, 0.1) is 28.9 Å². The monoisotopic (exact) mass is 347 g/mol. The Bertz CT molecular complexity index is 761. The normalized spacial score (nSPS) is 9.92. The van der Waals surface area contributed by atoms with Crippen molar-refractivity contribution in [1.29, 1.82) is 0 Å². The van der Waals surface area contributed by atoms with Crippen LogP contribution in [0.4, 0.5) is 5.69 Å². The SMILES string of the molecule is COC(=O)c1ccc(Cl)c(NC(=O)COC(=O)c2ccccc2)c1. The molecule has 0 heterocycles. The van der Waals surface area contributed by atoms with Crippen LogP contribution in [0.2, 0.25) is 5.02 Å². The van der Waals surface area contributed by atoms with Gasteiger partial charge in [-0.05, 0) is 30.3 Å². The van der Waals surface area contributed by atoms with Gasteiger partial charge in [-0.15, -0.1) is 0 Å². The van der Waals surface area contributed by atoms with Crippen molar-refractivity contribution >= 4 is 35.1 Å². The summed E-state index contributed by atoms with van der Waals surface area (Å²) in [5.74, 6) is -1.75. The lowest BCUT2D eigenvalue weighted by Gasteiger charge is -2.09. The van der Waals surface area contributed by atoms with Crippen molar-refractivity contribution in [3.8, 4) is 0 Å². The Morgan fingerprint density at radius 2 is 1.71 bits per heavy atom. The molecule has 0 unspecified atom stereocenters. The van der Waals surface area contributed by atoms with E-state index in [1.807, 2.05) is 0 Å². The summed E-state index contributed by atoms with van der Waals surface area (Å²) >= 11 is 5.97. The number of methoxy groups -OCH3 is 1. The Balaban J connectivity index is 1.97. The molecule has 1 N–H and O–H groups in total. The molecule has 6 nitrogen and oxygen atoms in total. The molecule has 0 fully saturated rings. The van der Waals surface area contributed by atoms with Crippen molar-refractivity contribution in [3.63, 3.8) is 0 Å². The van der Waals surface area contributed by atoms with Crippen molar-refractivity contribution in [2.24, 2.45) is 0 Å². The molecule has 0 radical (unpaired) electrons. The fourth-order valence-electron chi connectivity index (χ4n) is 1.84. The lowest BCUT2D eigenvalue weighted by Crippen LogP contribution is -2.21. The van der Waals surface area contributed by atoms with E-state index in [2.05, 4.69) is 10.1 Å². The van der Waals surface area contributed by atoms with Crippen LogP contribution in [0.3, 0.4) is 0 Å². The molecule has 0 bridgehead atoms. The number of carbonyl (C=O) groups excluding carboxylic acids is 3. The highest BCUT2D eigenvalue weighted by Gasteiger charge is 2.13. The van der Waals surface area contributed by atoms with Crippen molar-refractivity contribution in [3.05, 3.63) is 64.7 Å². The second-order valence-electron chi connectivity index (χ2n) is 4.68. The maximum atomic E-state index is 11.9. The van der Waals surface area contributed by atoms with Gasteiger partial charge in [-0.2, -0.15) is 0 Å². The predicted octanol–water partition coefficient (Wildman–Crippen LogP) is 2.92. The van der Waals surface area contributed by atoms with Gasteiger partial charge in [-0.1, -0.05) is 29.8 Å². The van der Waals surface area contributed by atoms with E-state index in [0.29, 0.717) is 5.56 Å². The van der Waals surface area contributed by atoms with Gasteiger partial charge in [-0.3, -0.25) is 4.79 Å². The molecule has 2 aromatic carbocycles. The van der Waals surface area contributed by atoms with Gasteiger partial charge in [0.15, 0.2) is 6.61 Å². The number of hydrogen-bond donors (Lipinski definition) is 1. The maximum absolute atomic E-state index is 11.9. The predicted molar refractivity (Wildman–Crippen MR) is 88.1 cm³/mol. The number of rotatable bonds is 5. The highest BCUT2D eigenvalue weighted by molar-refractivity contribution is 6.33. The Hall–Kier alpha value is -2.86. The highest BCUT2D eigenvalue weighted by Crippen LogP contribution is 2.23. The smallest absolute Gasteiger partial charge is 0.338 e. The number of carbonyl (C=O) groups is 3. The Kier molecular flexibility index (Phi) is 5.92. The largest absolute Gasteiger partial charge is 0.465 e. The standard InChI is InChI=1S/C17H14ClNO5/c1-23-16(21)12-7-8-13(18)14(9-12)19-15(20)10-24-17(22)11-5-3-2-4-6-11/h2-9H,10H2,1H3,(H,19,20). The van der Waals surface area contributed by atoms with E-state index in [0.717, 1.165) is 0 Å². The van der Waals surface area contributed by atoms with Gasteiger partial charge >= 0.3 is 11.9 Å². The topological polar surface area (TPSA) is 81.7 Å². The van der Waals surface area contributed by atoms with Crippen molar-refractivity contribution in [2.75, 3.05) is 19.0 Å². The zero-order valence-electron chi connectivity index (χ0n) is 12.7. The van der Waals surface area contributed by atoms with E-state index < -0.39 is 24.5 Å². The molecule has 124 valence electrons. The molecule has 2 aromatic rings. The van der Waals surface area contributed by atoms with Gasteiger partial charge < -0.3 is 14.8 Å². The second kappa shape index (κ2) is 8.12. The fourth-order valence-corrected chi connectivity index (χ4v) is 2.01. The average Bonchev–Trinajstić information content (AvgIpc) is 2.61. The van der Waals surface area contributed by atoms with Crippen molar-refractivity contribution < 1.29 is 23.9 Å². The molecule has 2 rings (SSSR count). The lowest BCUT2D eigenvalue weighted by atomic mass is 10.2. The number of esters is 2. The Morgan fingerprint density at radius 3 is 2.38 bits per heavy atom. The minimum absolute atomic E-state index is 0.223. The first-order valence-corrected chi connectivity index (χ1v) is 7.29. The highest BCUT2D eigenvalue weighted by atomic mass is 35.5. The molecule has 0 aliphatic carbocycles. The first-order chi connectivity index (χ1) is 11.5. The summed E-state index contributed by atoms with van der Waals surface area (Å²) in [6.07, 6.45) is 0. The van der Waals surface area contributed by atoms with E-state index in [4.69, 9.17) is 16.3 Å². The number of anilines is 1. The third-order valence-electron chi connectivity index (χ3n) is 3.01. The molecule has 1 amide bonds. The van der Waals surface area contributed by atoms with Gasteiger partial charge in [0.1, 0.15) is 0 Å². The zero-order chi connectivity index (χ0) is 17.5. The van der Waals surface area contributed by atoms with Crippen LogP contribution in [0, 0.1) is 0 Å². The van der Waals surface area contributed by atoms with E-state index in [-0.39, 0.29) is 16.3 Å². The van der Waals surface area contributed by atoms with E-state index in [9.17, 15) is 14.4 Å². The lowest BCUT2D eigenvalue weighted by molar-refractivity contribution is -0.119. The zero-order valence-corrected chi connectivity index (χ0v) is 13.5. The number of nitrogens with one attached hydrogen (secondary N) is 1. The third-order valence-corrected chi connectivity index (χ3v) is 3.33. The molecule has 0 atom stereocenters. The summed E-state index contributed by atoms with van der Waals surface area (Å²) in [7, 11) is 1.25. The molecular formula is C17H14ClNO5. The summed E-state index contributed by atoms with van der Waals surface area (Å²) in [4.78, 5) is 35.1. The Morgan fingerprint density at radius 1 is 1.00 bits per heavy atom. The average molecular weight is 348 g/mol. The molecule has 0 aliphatic heterocycles. The van der Waals surface area contributed by atoms with Gasteiger partial charge in [0, 0.05) is 0 Å². The number of ether oxygens (including phenoxy) is 2. The second-order valence-corrected chi connectivity index (χ2v) is 5.08. The van der Waals surface area contributed by atoms with Crippen molar-refractivity contribution in [2.45, 2.75) is 0 Å². The first kappa shape index (κ1) is 17.5. The minimum atomic E-state index is -0.611. The van der Waals surface area contributed by atoms with Crippen LogP contribution in [0.1, 0.15) is 20.7 Å². The molecular weight excluding hydrogens is 334 g/mol. The fraction of sp³-hybridized carbons (Fsp3) is 0.118. The third kappa shape index (κ3) is 4.57. The Labute approximate surface area is 143 Å². The number of halogens is 1. The van der Waals surface area contributed by atoms with Crippen molar-refractivity contribution in [1.82, 2.24) is 0 Å². The van der Waals surface area contributed by atoms with Crippen LogP contribution in [0.25, 0.3) is 0 Å². The molecule has 7 heteroatoms. The van der Waals surface area contributed by atoms with Crippen LogP contribution in [-0.2, 0) is 14.3 Å². The number of amides is 1. The van der Waals surface area contributed by atoms with Crippen LogP contribution < -0.4 is 5.32 Å². The van der Waals surface area contributed by atoms with E-state index in [1.165, 1.54) is 25.3 Å². The molecule has 0 aliphatic rings.